The molecule has 0 aromatic carbocycles. The van der Waals surface area contributed by atoms with E-state index >= 15 is 0 Å². The SMILES string of the molecule is S=C=NC1COC2(CCCCC2)O1. The highest BCUT2D eigenvalue weighted by atomic mass is 32.1. The highest BCUT2D eigenvalue weighted by molar-refractivity contribution is 7.78. The molecular weight excluding hydrogens is 186 g/mol. The van der Waals surface area contributed by atoms with Crippen LogP contribution in [0.25, 0.3) is 0 Å². The maximum absolute atomic E-state index is 5.71. The third-order valence-corrected chi connectivity index (χ3v) is 2.76. The minimum atomic E-state index is -0.335. The smallest absolute Gasteiger partial charge is 0.184 e. The van der Waals surface area contributed by atoms with Crippen molar-refractivity contribution in [3.8, 4) is 0 Å². The molecule has 1 aliphatic carbocycles. The van der Waals surface area contributed by atoms with Gasteiger partial charge < -0.3 is 9.47 Å². The molecule has 1 saturated heterocycles. The van der Waals surface area contributed by atoms with Crippen molar-refractivity contribution in [2.45, 2.75) is 44.1 Å². The van der Waals surface area contributed by atoms with Crippen LogP contribution < -0.4 is 0 Å². The molecule has 2 rings (SSSR count). The lowest BCUT2D eigenvalue weighted by Crippen LogP contribution is -2.33. The van der Waals surface area contributed by atoms with Gasteiger partial charge in [0, 0.05) is 12.8 Å². The van der Waals surface area contributed by atoms with Crippen LogP contribution in [0.2, 0.25) is 0 Å². The van der Waals surface area contributed by atoms with E-state index in [4.69, 9.17) is 9.47 Å². The zero-order chi connectivity index (χ0) is 9.15. The van der Waals surface area contributed by atoms with Crippen molar-refractivity contribution in [3.05, 3.63) is 0 Å². The first-order valence-electron chi connectivity index (χ1n) is 4.73. The lowest BCUT2D eigenvalue weighted by Gasteiger charge is -2.31. The van der Waals surface area contributed by atoms with Gasteiger partial charge in [0.15, 0.2) is 12.0 Å². The van der Waals surface area contributed by atoms with Crippen molar-refractivity contribution in [2.75, 3.05) is 6.61 Å². The van der Waals surface area contributed by atoms with Crippen molar-refractivity contribution < 1.29 is 9.47 Å². The normalized spacial score (nSPS) is 31.5. The molecule has 1 spiro atoms. The highest BCUT2D eigenvalue weighted by Crippen LogP contribution is 2.37. The molecule has 4 heteroatoms. The third kappa shape index (κ3) is 1.97. The summed E-state index contributed by atoms with van der Waals surface area (Å²) in [6, 6.07) is 0. The molecule has 0 amide bonds. The van der Waals surface area contributed by atoms with Crippen LogP contribution in [0, 0.1) is 0 Å². The first kappa shape index (κ1) is 9.28. The lowest BCUT2D eigenvalue weighted by molar-refractivity contribution is -0.186. The van der Waals surface area contributed by atoms with Gasteiger partial charge in [-0.1, -0.05) is 6.42 Å². The van der Waals surface area contributed by atoms with Crippen molar-refractivity contribution in [2.24, 2.45) is 4.99 Å². The Morgan fingerprint density at radius 3 is 2.77 bits per heavy atom. The molecule has 0 N–H and O–H groups in total. The molecule has 1 saturated carbocycles. The predicted octanol–water partition coefficient (Wildman–Crippen LogP) is 2.12. The number of aliphatic imine (C=N–C) groups is 1. The second-order valence-electron chi connectivity index (χ2n) is 3.58. The van der Waals surface area contributed by atoms with E-state index in [0.717, 1.165) is 12.8 Å². The molecule has 3 nitrogen and oxygen atoms in total. The lowest BCUT2D eigenvalue weighted by atomic mass is 9.94. The van der Waals surface area contributed by atoms with Crippen LogP contribution in [0.4, 0.5) is 0 Å². The van der Waals surface area contributed by atoms with Crippen molar-refractivity contribution >= 4 is 17.4 Å². The summed E-state index contributed by atoms with van der Waals surface area (Å²) < 4.78 is 11.4. The molecule has 2 fully saturated rings. The van der Waals surface area contributed by atoms with E-state index in [2.05, 4.69) is 22.4 Å². The molecule has 0 bridgehead atoms. The molecular formula is C9H13NO2S. The number of ether oxygens (including phenoxy) is 2. The van der Waals surface area contributed by atoms with Crippen LogP contribution in [-0.4, -0.2) is 23.8 Å². The van der Waals surface area contributed by atoms with Gasteiger partial charge >= 0.3 is 0 Å². The number of nitrogens with zero attached hydrogens (tertiary/aromatic N) is 1. The van der Waals surface area contributed by atoms with E-state index in [1.165, 1.54) is 19.3 Å². The van der Waals surface area contributed by atoms with Crippen LogP contribution in [0.5, 0.6) is 0 Å². The molecule has 0 radical (unpaired) electrons. The predicted molar refractivity (Wildman–Crippen MR) is 51.7 cm³/mol. The fraction of sp³-hybridized carbons (Fsp3) is 0.889. The van der Waals surface area contributed by atoms with E-state index < -0.39 is 0 Å². The summed E-state index contributed by atoms with van der Waals surface area (Å²) in [5.41, 5.74) is 0. The standard InChI is InChI=1S/C9H13NO2S/c13-7-10-8-6-11-9(12-8)4-2-1-3-5-9/h8H,1-6H2. The van der Waals surface area contributed by atoms with Gasteiger partial charge in [-0.2, -0.15) is 4.99 Å². The van der Waals surface area contributed by atoms with Crippen molar-refractivity contribution in [3.63, 3.8) is 0 Å². The quantitative estimate of drug-likeness (QED) is 0.479. The highest BCUT2D eigenvalue weighted by Gasteiger charge is 2.42. The summed E-state index contributed by atoms with van der Waals surface area (Å²) in [7, 11) is 0. The molecule has 72 valence electrons. The number of hydrogen-bond donors (Lipinski definition) is 0. The Morgan fingerprint density at radius 2 is 2.08 bits per heavy atom. The van der Waals surface area contributed by atoms with Crippen LogP contribution in [-0.2, 0) is 9.47 Å². The van der Waals surface area contributed by atoms with E-state index in [0.29, 0.717) is 6.61 Å². The Morgan fingerprint density at radius 1 is 1.31 bits per heavy atom. The van der Waals surface area contributed by atoms with E-state index in [-0.39, 0.29) is 12.0 Å². The Labute approximate surface area is 83.1 Å². The topological polar surface area (TPSA) is 30.8 Å². The molecule has 1 heterocycles. The Hall–Kier alpha value is -0.280. The van der Waals surface area contributed by atoms with Crippen molar-refractivity contribution in [1.82, 2.24) is 0 Å². The minimum absolute atomic E-state index is 0.212. The first-order chi connectivity index (χ1) is 6.35. The Kier molecular flexibility index (Phi) is 2.74. The summed E-state index contributed by atoms with van der Waals surface area (Å²) in [5.74, 6) is -0.335. The molecule has 1 unspecified atom stereocenters. The van der Waals surface area contributed by atoms with Gasteiger partial charge in [-0.3, -0.25) is 0 Å². The summed E-state index contributed by atoms with van der Waals surface area (Å²) in [6.07, 6.45) is 5.44. The second-order valence-corrected chi connectivity index (χ2v) is 3.76. The second kappa shape index (κ2) is 3.84. The first-order valence-corrected chi connectivity index (χ1v) is 5.14. The fourth-order valence-corrected chi connectivity index (χ4v) is 2.13. The minimum Gasteiger partial charge on any atom is -0.345 e. The van der Waals surface area contributed by atoms with Gasteiger partial charge in [-0.05, 0) is 25.1 Å². The largest absolute Gasteiger partial charge is 0.345 e. The average molecular weight is 199 g/mol. The van der Waals surface area contributed by atoms with Crippen LogP contribution >= 0.6 is 12.2 Å². The Bertz CT molecular complexity index is 232. The van der Waals surface area contributed by atoms with Gasteiger partial charge in [0.05, 0.1) is 11.8 Å². The summed E-state index contributed by atoms with van der Waals surface area (Å²) >= 11 is 4.53. The van der Waals surface area contributed by atoms with Crippen LogP contribution in [0.3, 0.4) is 0 Å². The molecule has 0 aromatic heterocycles. The average Bonchev–Trinajstić information content (AvgIpc) is 2.51. The molecule has 13 heavy (non-hydrogen) atoms. The van der Waals surface area contributed by atoms with Gasteiger partial charge in [-0.15, -0.1) is 0 Å². The molecule has 1 aliphatic heterocycles. The zero-order valence-corrected chi connectivity index (χ0v) is 8.31. The Balaban J connectivity index is 1.98. The van der Waals surface area contributed by atoms with Crippen LogP contribution in [0.1, 0.15) is 32.1 Å². The fourth-order valence-electron chi connectivity index (χ4n) is 2.01. The monoisotopic (exact) mass is 199 g/mol. The third-order valence-electron chi connectivity index (χ3n) is 2.65. The summed E-state index contributed by atoms with van der Waals surface area (Å²) in [4.78, 5) is 3.89. The number of rotatable bonds is 1. The van der Waals surface area contributed by atoms with E-state index in [9.17, 15) is 0 Å². The van der Waals surface area contributed by atoms with E-state index in [1.807, 2.05) is 0 Å². The maximum Gasteiger partial charge on any atom is 0.184 e. The number of isothiocyanates is 1. The van der Waals surface area contributed by atoms with Gasteiger partial charge in [-0.25, -0.2) is 0 Å². The molecule has 0 aromatic rings. The van der Waals surface area contributed by atoms with Gasteiger partial charge in [0.25, 0.3) is 0 Å². The molecule has 2 aliphatic rings. The summed E-state index contributed by atoms with van der Waals surface area (Å²) in [6.45, 7) is 0.531. The van der Waals surface area contributed by atoms with Crippen LogP contribution in [0.15, 0.2) is 4.99 Å². The van der Waals surface area contributed by atoms with Gasteiger partial charge in [0.1, 0.15) is 0 Å². The number of thiocarbonyl (C=S) groups is 1. The maximum atomic E-state index is 5.71. The van der Waals surface area contributed by atoms with Crippen molar-refractivity contribution in [1.29, 1.82) is 0 Å². The number of hydrogen-bond acceptors (Lipinski definition) is 4. The van der Waals surface area contributed by atoms with E-state index in [1.54, 1.807) is 0 Å². The molecule has 1 atom stereocenters. The van der Waals surface area contributed by atoms with Gasteiger partial charge in [0.2, 0.25) is 0 Å². The zero-order valence-electron chi connectivity index (χ0n) is 7.49. The summed E-state index contributed by atoms with van der Waals surface area (Å²) in [5, 5.41) is 2.33.